The first-order chi connectivity index (χ1) is 10.1. The van der Waals surface area contributed by atoms with E-state index in [1.807, 2.05) is 6.92 Å². The fourth-order valence-electron chi connectivity index (χ4n) is 1.60. The first kappa shape index (κ1) is 15.7. The summed E-state index contributed by atoms with van der Waals surface area (Å²) in [6.07, 6.45) is 1.50. The fraction of sp³-hybridized carbons (Fsp3) is 0.308. The Labute approximate surface area is 131 Å². The van der Waals surface area contributed by atoms with Gasteiger partial charge in [-0.05, 0) is 13.0 Å². The van der Waals surface area contributed by atoms with Gasteiger partial charge in [-0.3, -0.25) is 4.79 Å². The zero-order valence-electron chi connectivity index (χ0n) is 11.6. The summed E-state index contributed by atoms with van der Waals surface area (Å²) in [4.78, 5) is 11.0. The number of amidine groups is 1. The van der Waals surface area contributed by atoms with Crippen LogP contribution in [0.5, 0.6) is 11.5 Å². The summed E-state index contributed by atoms with van der Waals surface area (Å²) in [6.45, 7) is 2.40. The van der Waals surface area contributed by atoms with Crippen molar-refractivity contribution < 1.29 is 14.3 Å². The molecule has 1 aliphatic heterocycles. The minimum atomic E-state index is -0.0740. The number of nitrogens with one attached hydrogen (secondary N) is 1. The minimum Gasteiger partial charge on any atom is -0.493 e. The van der Waals surface area contributed by atoms with Crippen LogP contribution in [0.25, 0.3) is 0 Å². The molecule has 0 aromatic heterocycles. The molecule has 0 spiro atoms. The molecule has 6 nitrogen and oxygen atoms in total. The maximum absolute atomic E-state index is 11.0. The predicted octanol–water partition coefficient (Wildman–Crippen LogP) is 2.30. The number of rotatable bonds is 5. The largest absolute Gasteiger partial charge is 0.493 e. The van der Waals surface area contributed by atoms with E-state index >= 15 is 0 Å². The molecule has 1 aromatic rings. The lowest BCUT2D eigenvalue weighted by molar-refractivity contribution is -0.116. The highest BCUT2D eigenvalue weighted by Crippen LogP contribution is 2.32. The number of nitrogens with zero attached hydrogens (tertiary/aromatic N) is 2. The van der Waals surface area contributed by atoms with Crippen LogP contribution in [0, 0.1) is 0 Å². The first-order valence-corrected chi connectivity index (χ1v) is 7.54. The van der Waals surface area contributed by atoms with E-state index in [0.29, 0.717) is 39.6 Å². The first-order valence-electron chi connectivity index (χ1n) is 6.18. The van der Waals surface area contributed by atoms with Gasteiger partial charge in [-0.25, -0.2) is 0 Å². The number of ether oxygens (including phenoxy) is 2. The zero-order chi connectivity index (χ0) is 15.2. The van der Waals surface area contributed by atoms with E-state index in [0.717, 1.165) is 0 Å². The highest BCUT2D eigenvalue weighted by atomic mass is 35.5. The molecule has 8 heteroatoms. The van der Waals surface area contributed by atoms with E-state index in [-0.39, 0.29) is 5.91 Å². The van der Waals surface area contributed by atoms with Crippen molar-refractivity contribution in [2.75, 3.05) is 19.5 Å². The zero-order valence-corrected chi connectivity index (χ0v) is 13.1. The van der Waals surface area contributed by atoms with Crippen molar-refractivity contribution in [3.63, 3.8) is 0 Å². The lowest BCUT2D eigenvalue weighted by Crippen LogP contribution is -2.19. The Morgan fingerprint density at radius 2 is 2.29 bits per heavy atom. The van der Waals surface area contributed by atoms with E-state index in [4.69, 9.17) is 21.1 Å². The van der Waals surface area contributed by atoms with Crippen LogP contribution in [0.2, 0.25) is 5.02 Å². The smallest absolute Gasteiger partial charge is 0.236 e. The van der Waals surface area contributed by atoms with Gasteiger partial charge in [0.1, 0.15) is 0 Å². The van der Waals surface area contributed by atoms with E-state index in [1.54, 1.807) is 19.2 Å². The Morgan fingerprint density at radius 3 is 2.90 bits per heavy atom. The lowest BCUT2D eigenvalue weighted by atomic mass is 10.2. The molecule has 1 heterocycles. The molecule has 1 aromatic carbocycles. The molecule has 1 amide bonds. The normalized spacial score (nSPS) is 16.5. The van der Waals surface area contributed by atoms with Crippen molar-refractivity contribution in [1.82, 2.24) is 5.32 Å². The quantitative estimate of drug-likeness (QED) is 0.665. The minimum absolute atomic E-state index is 0.0740. The van der Waals surface area contributed by atoms with Gasteiger partial charge in [-0.1, -0.05) is 23.4 Å². The van der Waals surface area contributed by atoms with Crippen LogP contribution in [-0.2, 0) is 4.79 Å². The van der Waals surface area contributed by atoms with Gasteiger partial charge in [-0.15, -0.1) is 5.10 Å². The third-order valence-electron chi connectivity index (χ3n) is 2.51. The second-order valence-electron chi connectivity index (χ2n) is 3.94. The second kappa shape index (κ2) is 7.33. The van der Waals surface area contributed by atoms with Gasteiger partial charge in [-0.2, -0.15) is 5.10 Å². The van der Waals surface area contributed by atoms with Crippen molar-refractivity contribution >= 4 is 40.7 Å². The van der Waals surface area contributed by atoms with Gasteiger partial charge >= 0.3 is 0 Å². The number of halogens is 1. The molecule has 0 aliphatic carbocycles. The fourth-order valence-corrected chi connectivity index (χ4v) is 2.43. The Morgan fingerprint density at radius 1 is 1.48 bits per heavy atom. The van der Waals surface area contributed by atoms with Crippen LogP contribution in [0.3, 0.4) is 0 Å². The van der Waals surface area contributed by atoms with Crippen LogP contribution in [0.4, 0.5) is 0 Å². The maximum atomic E-state index is 11.0. The van der Waals surface area contributed by atoms with Gasteiger partial charge in [0.25, 0.3) is 0 Å². The third-order valence-corrected chi connectivity index (χ3v) is 3.71. The van der Waals surface area contributed by atoms with Crippen molar-refractivity contribution in [3.05, 3.63) is 22.7 Å². The summed E-state index contributed by atoms with van der Waals surface area (Å²) in [6, 6.07) is 3.39. The Balaban J connectivity index is 2.19. The maximum Gasteiger partial charge on any atom is 0.236 e. The molecular weight excluding hydrogens is 314 g/mol. The number of benzene rings is 1. The van der Waals surface area contributed by atoms with Crippen LogP contribution in [0.15, 0.2) is 22.3 Å². The molecule has 1 fully saturated rings. The van der Waals surface area contributed by atoms with E-state index in [2.05, 4.69) is 15.5 Å². The average molecular weight is 328 g/mol. The number of carbonyl (C=O) groups is 1. The molecule has 0 radical (unpaired) electrons. The summed E-state index contributed by atoms with van der Waals surface area (Å²) in [5.41, 5.74) is 0.652. The summed E-state index contributed by atoms with van der Waals surface area (Å²) in [5.74, 6) is 1.44. The number of hydrogen-bond donors (Lipinski definition) is 1. The topological polar surface area (TPSA) is 72.3 Å². The molecule has 112 valence electrons. The van der Waals surface area contributed by atoms with Gasteiger partial charge in [0.15, 0.2) is 16.7 Å². The van der Waals surface area contributed by atoms with Crippen LogP contribution in [0.1, 0.15) is 12.5 Å². The van der Waals surface area contributed by atoms with Crippen molar-refractivity contribution in [2.45, 2.75) is 6.92 Å². The number of carbonyl (C=O) groups excluding carboxylic acids is 1. The Kier molecular flexibility index (Phi) is 5.46. The third kappa shape index (κ3) is 4.12. The number of methoxy groups -OCH3 is 1. The predicted molar refractivity (Wildman–Crippen MR) is 84.8 cm³/mol. The summed E-state index contributed by atoms with van der Waals surface area (Å²) >= 11 is 7.45. The van der Waals surface area contributed by atoms with Crippen LogP contribution in [-0.4, -0.2) is 36.8 Å². The highest BCUT2D eigenvalue weighted by molar-refractivity contribution is 8.15. The number of hydrogen-bond acceptors (Lipinski definition) is 6. The molecule has 21 heavy (non-hydrogen) atoms. The lowest BCUT2D eigenvalue weighted by Gasteiger charge is -2.10. The standard InChI is InChI=1S/C13H14ClN3O3S/c1-3-20-11-4-8(9(14)5-10(11)19-2)6-15-17-13-16-12(18)7-21-13/h4-6H,3,7H2,1-2H3,(H,16,17,18). The molecule has 1 aliphatic rings. The van der Waals surface area contributed by atoms with Crippen molar-refractivity contribution in [2.24, 2.45) is 10.2 Å². The average Bonchev–Trinajstić information content (AvgIpc) is 2.87. The molecule has 0 unspecified atom stereocenters. The van der Waals surface area contributed by atoms with E-state index < -0.39 is 0 Å². The van der Waals surface area contributed by atoms with Crippen molar-refractivity contribution in [3.8, 4) is 11.5 Å². The highest BCUT2D eigenvalue weighted by Gasteiger charge is 2.16. The number of amides is 1. The monoisotopic (exact) mass is 327 g/mol. The molecule has 1 saturated heterocycles. The summed E-state index contributed by atoms with van der Waals surface area (Å²) < 4.78 is 10.7. The van der Waals surface area contributed by atoms with E-state index in [1.165, 1.54) is 18.0 Å². The van der Waals surface area contributed by atoms with Gasteiger partial charge in [0.2, 0.25) is 5.91 Å². The Bertz CT molecular complexity index is 605. The van der Waals surface area contributed by atoms with Crippen LogP contribution >= 0.6 is 23.4 Å². The van der Waals surface area contributed by atoms with Gasteiger partial charge in [0, 0.05) is 11.6 Å². The summed E-state index contributed by atoms with van der Waals surface area (Å²) in [7, 11) is 1.55. The molecule has 0 saturated carbocycles. The molecular formula is C13H14ClN3O3S. The van der Waals surface area contributed by atoms with Gasteiger partial charge < -0.3 is 14.8 Å². The molecule has 2 rings (SSSR count). The molecule has 1 N–H and O–H groups in total. The molecule has 0 atom stereocenters. The number of thioether (sulfide) groups is 1. The Hall–Kier alpha value is -1.73. The van der Waals surface area contributed by atoms with E-state index in [9.17, 15) is 4.79 Å². The van der Waals surface area contributed by atoms with Crippen molar-refractivity contribution in [1.29, 1.82) is 0 Å². The SMILES string of the molecule is CCOc1cc(C=NN=C2NC(=O)CS2)c(Cl)cc1OC. The van der Waals surface area contributed by atoms with Crippen LogP contribution < -0.4 is 14.8 Å². The summed E-state index contributed by atoms with van der Waals surface area (Å²) in [5, 5.41) is 11.4. The second-order valence-corrected chi connectivity index (χ2v) is 5.32. The van der Waals surface area contributed by atoms with Gasteiger partial charge in [0.05, 0.1) is 30.7 Å². The molecule has 0 bridgehead atoms.